The summed E-state index contributed by atoms with van der Waals surface area (Å²) < 4.78 is 69.6. The molecule has 5 nitrogen and oxygen atoms in total. The standard InChI is InChI=1S/C64H46F4N4O/c1-64(2,3)44-26-27-69-62(34-44)72-58-21-10-9-18-56(58)57-25-24-50(38-61(57)72)73-51-33-43(53-17-8-7-16-52(53)40-14-5-4-6-15-40)32-49(37-51)70-39-71(60-23-12-11-22-59(60)70)63-54(41-28-45(65)35-46(66)29-41)19-13-20-55(63)42-30-47(67)36-48(68)31-42/h4-38H,39H2,1-3H3. The number of fused-ring (bicyclic) bond motifs is 4. The van der Waals surface area contributed by atoms with Crippen LogP contribution in [0.1, 0.15) is 26.3 Å². The molecule has 0 N–H and O–H groups in total. The van der Waals surface area contributed by atoms with Crippen molar-refractivity contribution in [2.24, 2.45) is 0 Å². The summed E-state index contributed by atoms with van der Waals surface area (Å²) in [4.78, 5) is 9.09. The fourth-order valence-corrected chi connectivity index (χ4v) is 10.3. The van der Waals surface area contributed by atoms with E-state index in [1.54, 1.807) is 18.2 Å². The second kappa shape index (κ2) is 18.0. The maximum absolute atomic E-state index is 15.1. The third-order valence-corrected chi connectivity index (χ3v) is 13.6. The molecule has 11 aromatic rings. The van der Waals surface area contributed by atoms with Gasteiger partial charge in [-0.15, -0.1) is 0 Å². The minimum absolute atomic E-state index is 0.0907. The first-order valence-electron chi connectivity index (χ1n) is 24.1. The van der Waals surface area contributed by atoms with Crippen LogP contribution in [0.4, 0.5) is 40.3 Å². The van der Waals surface area contributed by atoms with Crippen LogP contribution in [-0.4, -0.2) is 16.2 Å². The van der Waals surface area contributed by atoms with E-state index in [0.29, 0.717) is 28.3 Å². The molecule has 0 saturated heterocycles. The van der Waals surface area contributed by atoms with Gasteiger partial charge in [0.15, 0.2) is 0 Å². The van der Waals surface area contributed by atoms with Gasteiger partial charge in [0.1, 0.15) is 47.3 Å². The summed E-state index contributed by atoms with van der Waals surface area (Å²) in [7, 11) is 0. The lowest BCUT2D eigenvalue weighted by Gasteiger charge is -2.27. The molecule has 0 bridgehead atoms. The molecule has 9 heteroatoms. The highest BCUT2D eigenvalue weighted by Crippen LogP contribution is 2.51. The molecule has 3 heterocycles. The van der Waals surface area contributed by atoms with Gasteiger partial charge in [0.25, 0.3) is 0 Å². The van der Waals surface area contributed by atoms with Crippen molar-refractivity contribution < 1.29 is 22.3 Å². The first kappa shape index (κ1) is 45.2. The molecule has 1 aliphatic heterocycles. The molecule has 0 aliphatic carbocycles. The van der Waals surface area contributed by atoms with Gasteiger partial charge in [0.05, 0.1) is 28.1 Å². The molecule has 0 atom stereocenters. The Hall–Kier alpha value is -8.95. The van der Waals surface area contributed by atoms with E-state index >= 15 is 17.6 Å². The first-order valence-corrected chi connectivity index (χ1v) is 24.1. The van der Waals surface area contributed by atoms with E-state index in [9.17, 15) is 0 Å². The zero-order valence-corrected chi connectivity index (χ0v) is 40.1. The van der Waals surface area contributed by atoms with Crippen molar-refractivity contribution in [3.8, 4) is 61.8 Å². The van der Waals surface area contributed by atoms with Crippen LogP contribution in [0.25, 0.3) is 72.1 Å². The Bertz CT molecular complexity index is 3830. The number of rotatable bonds is 9. The maximum atomic E-state index is 15.1. The lowest BCUT2D eigenvalue weighted by Crippen LogP contribution is -2.25. The topological polar surface area (TPSA) is 33.5 Å². The summed E-state index contributed by atoms with van der Waals surface area (Å²) in [6, 6.07) is 63.4. The largest absolute Gasteiger partial charge is 0.457 e. The van der Waals surface area contributed by atoms with Gasteiger partial charge in [-0.2, -0.15) is 0 Å². The molecule has 0 spiro atoms. The Morgan fingerprint density at radius 3 is 1.67 bits per heavy atom. The average Bonchev–Trinajstić information content (AvgIpc) is 3.94. The van der Waals surface area contributed by atoms with E-state index in [-0.39, 0.29) is 23.2 Å². The Balaban J connectivity index is 1.03. The number of pyridine rings is 1. The van der Waals surface area contributed by atoms with Gasteiger partial charge >= 0.3 is 0 Å². The van der Waals surface area contributed by atoms with Gasteiger partial charge in [-0.3, -0.25) is 4.57 Å². The van der Waals surface area contributed by atoms with Crippen LogP contribution in [0.2, 0.25) is 0 Å². The van der Waals surface area contributed by atoms with Crippen LogP contribution in [0, 0.1) is 23.3 Å². The molecule has 9 aromatic carbocycles. The molecule has 1 aliphatic rings. The van der Waals surface area contributed by atoms with Gasteiger partial charge in [0.2, 0.25) is 0 Å². The van der Waals surface area contributed by atoms with Crippen molar-refractivity contribution in [1.29, 1.82) is 0 Å². The zero-order valence-electron chi connectivity index (χ0n) is 40.1. The number of para-hydroxylation sites is 4. The lowest BCUT2D eigenvalue weighted by atomic mass is 9.88. The van der Waals surface area contributed by atoms with E-state index in [1.807, 2.05) is 83.9 Å². The van der Waals surface area contributed by atoms with Crippen molar-refractivity contribution in [3.63, 3.8) is 0 Å². The van der Waals surface area contributed by atoms with Gasteiger partial charge in [-0.25, -0.2) is 22.5 Å². The fraction of sp³-hybridized carbons (Fsp3) is 0.0781. The number of hydrogen-bond acceptors (Lipinski definition) is 4. The normalized spacial score (nSPS) is 12.5. The van der Waals surface area contributed by atoms with Gasteiger partial charge in [-0.1, -0.05) is 124 Å². The summed E-state index contributed by atoms with van der Waals surface area (Å²) in [5.41, 5.74) is 11.4. The van der Waals surface area contributed by atoms with Crippen LogP contribution in [0.3, 0.4) is 0 Å². The SMILES string of the molecule is CC(C)(C)c1ccnc(-n2c3ccccc3c3ccc(Oc4cc(-c5ccccc5-c5ccccc5)cc(N5CN(c6c(-c7cc(F)cc(F)c7)cccc6-c6cc(F)cc(F)c6)c6ccccc65)c4)cc32)c1. The van der Waals surface area contributed by atoms with Crippen molar-refractivity contribution in [3.05, 3.63) is 241 Å². The zero-order chi connectivity index (χ0) is 50.0. The van der Waals surface area contributed by atoms with Crippen LogP contribution in [0.15, 0.2) is 212 Å². The fourth-order valence-electron chi connectivity index (χ4n) is 10.3. The quantitative estimate of drug-likeness (QED) is 0.135. The van der Waals surface area contributed by atoms with E-state index in [0.717, 1.165) is 79.1 Å². The third kappa shape index (κ3) is 8.42. The molecule has 73 heavy (non-hydrogen) atoms. The summed E-state index contributed by atoms with van der Waals surface area (Å²) in [5, 5.41) is 2.16. The molecule has 356 valence electrons. The highest BCUT2D eigenvalue weighted by molar-refractivity contribution is 6.09. The second-order valence-electron chi connectivity index (χ2n) is 19.4. The number of anilines is 4. The summed E-state index contributed by atoms with van der Waals surface area (Å²) in [6.07, 6.45) is 1.87. The monoisotopic (exact) mass is 962 g/mol. The number of nitrogens with zero attached hydrogens (tertiary/aromatic N) is 4. The van der Waals surface area contributed by atoms with E-state index in [2.05, 4.69) is 109 Å². The molecular formula is C64H46F4N4O. The summed E-state index contributed by atoms with van der Waals surface area (Å²) in [6.45, 7) is 6.80. The van der Waals surface area contributed by atoms with Crippen LogP contribution < -0.4 is 14.5 Å². The van der Waals surface area contributed by atoms with Gasteiger partial charge in [-0.05, 0) is 123 Å². The first-order chi connectivity index (χ1) is 35.4. The molecule has 12 rings (SSSR count). The van der Waals surface area contributed by atoms with Crippen LogP contribution in [0.5, 0.6) is 11.5 Å². The average molecular weight is 963 g/mol. The van der Waals surface area contributed by atoms with E-state index in [1.165, 1.54) is 29.8 Å². The molecule has 0 fully saturated rings. The Labute approximate surface area is 420 Å². The van der Waals surface area contributed by atoms with Crippen molar-refractivity contribution >= 4 is 44.6 Å². The minimum atomic E-state index is -0.751. The molecular weight excluding hydrogens is 917 g/mol. The van der Waals surface area contributed by atoms with Gasteiger partial charge < -0.3 is 14.5 Å². The number of hydrogen-bond donors (Lipinski definition) is 0. The number of benzene rings is 9. The molecule has 2 aromatic heterocycles. The lowest BCUT2D eigenvalue weighted by molar-refractivity contribution is 0.483. The highest BCUT2D eigenvalue weighted by Gasteiger charge is 2.32. The van der Waals surface area contributed by atoms with Gasteiger partial charge in [0, 0.05) is 58.0 Å². The Morgan fingerprint density at radius 2 is 1.00 bits per heavy atom. The number of aromatic nitrogens is 2. The summed E-state index contributed by atoms with van der Waals surface area (Å²) >= 11 is 0. The van der Waals surface area contributed by atoms with E-state index < -0.39 is 23.3 Å². The summed E-state index contributed by atoms with van der Waals surface area (Å²) in [5.74, 6) is -0.998. The maximum Gasteiger partial charge on any atom is 0.137 e. The van der Waals surface area contributed by atoms with E-state index in [4.69, 9.17) is 9.72 Å². The van der Waals surface area contributed by atoms with Crippen LogP contribution >= 0.6 is 0 Å². The van der Waals surface area contributed by atoms with Crippen LogP contribution in [-0.2, 0) is 5.41 Å². The second-order valence-corrected chi connectivity index (χ2v) is 19.4. The molecule has 0 radical (unpaired) electrons. The molecule has 0 amide bonds. The third-order valence-electron chi connectivity index (χ3n) is 13.6. The highest BCUT2D eigenvalue weighted by atomic mass is 19.1. The Kier molecular flexibility index (Phi) is 11.2. The number of ether oxygens (including phenoxy) is 1. The van der Waals surface area contributed by atoms with Crippen molar-refractivity contribution in [2.45, 2.75) is 26.2 Å². The van der Waals surface area contributed by atoms with Crippen molar-refractivity contribution in [1.82, 2.24) is 9.55 Å². The minimum Gasteiger partial charge on any atom is -0.457 e. The predicted octanol–water partition coefficient (Wildman–Crippen LogP) is 17.7. The predicted molar refractivity (Wildman–Crippen MR) is 287 cm³/mol. The smallest absolute Gasteiger partial charge is 0.137 e. The Morgan fingerprint density at radius 1 is 0.438 bits per heavy atom. The molecule has 0 unspecified atom stereocenters. The number of halogens is 4. The van der Waals surface area contributed by atoms with Crippen molar-refractivity contribution in [2.75, 3.05) is 16.5 Å². The molecule has 0 saturated carbocycles.